The molecule has 0 aliphatic heterocycles. The van der Waals surface area contributed by atoms with E-state index in [-0.39, 0.29) is 19.0 Å². The molecule has 0 saturated heterocycles. The van der Waals surface area contributed by atoms with Gasteiger partial charge in [0.05, 0.1) is 6.54 Å². The lowest BCUT2D eigenvalue weighted by Gasteiger charge is -2.16. The lowest BCUT2D eigenvalue weighted by Crippen LogP contribution is -2.36. The van der Waals surface area contributed by atoms with Gasteiger partial charge in [-0.2, -0.15) is 0 Å². The zero-order chi connectivity index (χ0) is 17.5. The van der Waals surface area contributed by atoms with Crippen molar-refractivity contribution in [2.45, 2.75) is 13.0 Å². The van der Waals surface area contributed by atoms with Crippen LogP contribution in [0.25, 0.3) is 0 Å². The molecule has 3 nitrogen and oxygen atoms in total. The number of halogens is 3. The normalized spacial score (nSPS) is 10.9. The first-order valence-electron chi connectivity index (χ1n) is 7.57. The number of likely N-dealkylation sites (N-methyl/N-ethyl adjacent to an activating group) is 1. The van der Waals surface area contributed by atoms with Crippen LogP contribution in [-0.2, 0) is 17.8 Å². The fraction of sp³-hybridized carbons (Fsp3) is 0.278. The van der Waals surface area contributed by atoms with Crippen LogP contribution >= 0.6 is 11.6 Å². The van der Waals surface area contributed by atoms with E-state index in [4.69, 9.17) is 11.6 Å². The Hall–Kier alpha value is -1.98. The SMILES string of the molecule is CN(CC(=O)NCCc1ccc(Cl)cc1)Cc1ccc(F)cc1F. The van der Waals surface area contributed by atoms with Crippen molar-refractivity contribution < 1.29 is 13.6 Å². The molecule has 0 aliphatic rings. The molecule has 0 aromatic heterocycles. The quantitative estimate of drug-likeness (QED) is 0.828. The summed E-state index contributed by atoms with van der Waals surface area (Å²) >= 11 is 5.82. The number of carbonyl (C=O) groups is 1. The Kier molecular flexibility index (Phi) is 6.70. The second-order valence-corrected chi connectivity index (χ2v) is 6.07. The van der Waals surface area contributed by atoms with E-state index in [1.54, 1.807) is 11.9 Å². The molecule has 1 amide bonds. The molecular formula is C18H19ClF2N2O. The predicted octanol–water partition coefficient (Wildman–Crippen LogP) is 3.41. The van der Waals surface area contributed by atoms with Gasteiger partial charge in [-0.3, -0.25) is 9.69 Å². The summed E-state index contributed by atoms with van der Waals surface area (Å²) in [6, 6.07) is 10.9. The minimum absolute atomic E-state index is 0.136. The number of benzene rings is 2. The van der Waals surface area contributed by atoms with Gasteiger partial charge in [0.25, 0.3) is 0 Å². The Labute approximate surface area is 145 Å². The first-order valence-corrected chi connectivity index (χ1v) is 7.95. The first kappa shape index (κ1) is 18.4. The second-order valence-electron chi connectivity index (χ2n) is 5.63. The smallest absolute Gasteiger partial charge is 0.234 e. The molecule has 0 bridgehead atoms. The van der Waals surface area contributed by atoms with Gasteiger partial charge in [0.1, 0.15) is 11.6 Å². The minimum Gasteiger partial charge on any atom is -0.355 e. The Morgan fingerprint density at radius 3 is 2.54 bits per heavy atom. The zero-order valence-electron chi connectivity index (χ0n) is 13.4. The van der Waals surface area contributed by atoms with Crippen molar-refractivity contribution in [2.24, 2.45) is 0 Å². The number of hydrogen-bond donors (Lipinski definition) is 1. The number of rotatable bonds is 7. The number of hydrogen-bond acceptors (Lipinski definition) is 2. The van der Waals surface area contributed by atoms with Crippen LogP contribution in [0.3, 0.4) is 0 Å². The highest BCUT2D eigenvalue weighted by atomic mass is 35.5. The largest absolute Gasteiger partial charge is 0.355 e. The summed E-state index contributed by atoms with van der Waals surface area (Å²) in [6.07, 6.45) is 0.708. The van der Waals surface area contributed by atoms with Crippen LogP contribution in [0.1, 0.15) is 11.1 Å². The molecule has 0 atom stereocenters. The van der Waals surface area contributed by atoms with Gasteiger partial charge in [-0.1, -0.05) is 29.8 Å². The Morgan fingerprint density at radius 1 is 1.17 bits per heavy atom. The van der Waals surface area contributed by atoms with E-state index >= 15 is 0 Å². The Balaban J connectivity index is 1.74. The van der Waals surface area contributed by atoms with Crippen molar-refractivity contribution in [3.63, 3.8) is 0 Å². The highest BCUT2D eigenvalue weighted by Crippen LogP contribution is 2.11. The molecule has 24 heavy (non-hydrogen) atoms. The summed E-state index contributed by atoms with van der Waals surface area (Å²) in [5.74, 6) is -1.36. The van der Waals surface area contributed by atoms with Crippen LogP contribution in [0.4, 0.5) is 8.78 Å². The standard InChI is InChI=1S/C18H19ClF2N2O/c1-23(11-14-4-7-16(20)10-17(14)21)12-18(24)22-9-8-13-2-5-15(19)6-3-13/h2-7,10H,8-9,11-12H2,1H3,(H,22,24). The molecule has 0 radical (unpaired) electrons. The third-order valence-electron chi connectivity index (χ3n) is 3.52. The molecule has 0 unspecified atom stereocenters. The fourth-order valence-electron chi connectivity index (χ4n) is 2.29. The molecule has 0 aliphatic carbocycles. The maximum Gasteiger partial charge on any atom is 0.234 e. The van der Waals surface area contributed by atoms with Crippen molar-refractivity contribution >= 4 is 17.5 Å². The molecule has 2 aromatic carbocycles. The molecule has 0 heterocycles. The summed E-state index contributed by atoms with van der Waals surface area (Å²) in [4.78, 5) is 13.6. The van der Waals surface area contributed by atoms with E-state index in [1.807, 2.05) is 24.3 Å². The van der Waals surface area contributed by atoms with Crippen LogP contribution in [0.5, 0.6) is 0 Å². The molecular weight excluding hydrogens is 334 g/mol. The predicted molar refractivity (Wildman–Crippen MR) is 90.9 cm³/mol. The number of nitrogens with zero attached hydrogens (tertiary/aromatic N) is 1. The lowest BCUT2D eigenvalue weighted by molar-refractivity contribution is -0.122. The van der Waals surface area contributed by atoms with Gasteiger partial charge in [-0.15, -0.1) is 0 Å². The molecule has 2 rings (SSSR count). The van der Waals surface area contributed by atoms with E-state index in [2.05, 4.69) is 5.32 Å². The lowest BCUT2D eigenvalue weighted by atomic mass is 10.1. The highest BCUT2D eigenvalue weighted by molar-refractivity contribution is 6.30. The summed E-state index contributed by atoms with van der Waals surface area (Å²) in [7, 11) is 1.71. The monoisotopic (exact) mass is 352 g/mol. The number of nitrogens with one attached hydrogen (secondary N) is 1. The molecule has 0 fully saturated rings. The van der Waals surface area contributed by atoms with E-state index in [0.717, 1.165) is 11.6 Å². The fourth-order valence-corrected chi connectivity index (χ4v) is 2.42. The Morgan fingerprint density at radius 2 is 1.88 bits per heavy atom. The van der Waals surface area contributed by atoms with Gasteiger partial charge in [0.15, 0.2) is 0 Å². The summed E-state index contributed by atoms with van der Waals surface area (Å²) in [5, 5.41) is 3.50. The first-order chi connectivity index (χ1) is 11.4. The van der Waals surface area contributed by atoms with Gasteiger partial charge in [-0.25, -0.2) is 8.78 Å². The zero-order valence-corrected chi connectivity index (χ0v) is 14.1. The van der Waals surface area contributed by atoms with E-state index in [1.165, 1.54) is 12.1 Å². The topological polar surface area (TPSA) is 32.3 Å². The van der Waals surface area contributed by atoms with E-state index in [0.29, 0.717) is 23.6 Å². The van der Waals surface area contributed by atoms with Crippen LogP contribution < -0.4 is 5.32 Å². The summed E-state index contributed by atoms with van der Waals surface area (Å²) in [5.41, 5.74) is 1.44. The molecule has 128 valence electrons. The van der Waals surface area contributed by atoms with Crippen molar-refractivity contribution in [1.29, 1.82) is 0 Å². The van der Waals surface area contributed by atoms with Gasteiger partial charge in [0, 0.05) is 29.7 Å². The molecule has 0 saturated carbocycles. The van der Waals surface area contributed by atoms with Crippen LogP contribution in [0.15, 0.2) is 42.5 Å². The molecule has 6 heteroatoms. The van der Waals surface area contributed by atoms with Gasteiger partial charge >= 0.3 is 0 Å². The van der Waals surface area contributed by atoms with E-state index < -0.39 is 11.6 Å². The number of amides is 1. The average molecular weight is 353 g/mol. The summed E-state index contributed by atoms with van der Waals surface area (Å²) < 4.78 is 26.5. The van der Waals surface area contributed by atoms with Gasteiger partial charge in [0.2, 0.25) is 5.91 Å². The maximum absolute atomic E-state index is 13.6. The third-order valence-corrected chi connectivity index (χ3v) is 3.77. The number of carbonyl (C=O) groups excluding carboxylic acids is 1. The average Bonchev–Trinajstić information content (AvgIpc) is 2.52. The molecule has 2 aromatic rings. The van der Waals surface area contributed by atoms with Crippen LogP contribution in [0.2, 0.25) is 5.02 Å². The molecule has 1 N–H and O–H groups in total. The van der Waals surface area contributed by atoms with Crippen LogP contribution in [-0.4, -0.2) is 30.9 Å². The second kappa shape index (κ2) is 8.76. The van der Waals surface area contributed by atoms with Crippen molar-refractivity contribution in [2.75, 3.05) is 20.1 Å². The van der Waals surface area contributed by atoms with Crippen molar-refractivity contribution in [3.05, 3.63) is 70.2 Å². The van der Waals surface area contributed by atoms with Gasteiger partial charge in [-0.05, 0) is 37.2 Å². The minimum atomic E-state index is -0.612. The van der Waals surface area contributed by atoms with Crippen LogP contribution in [0, 0.1) is 11.6 Å². The Bertz CT molecular complexity index is 692. The highest BCUT2D eigenvalue weighted by Gasteiger charge is 2.10. The van der Waals surface area contributed by atoms with Crippen molar-refractivity contribution in [1.82, 2.24) is 10.2 Å². The summed E-state index contributed by atoms with van der Waals surface area (Å²) in [6.45, 7) is 0.882. The van der Waals surface area contributed by atoms with Gasteiger partial charge < -0.3 is 5.32 Å². The third kappa shape index (κ3) is 5.91. The van der Waals surface area contributed by atoms with E-state index in [9.17, 15) is 13.6 Å². The van der Waals surface area contributed by atoms with Crippen molar-refractivity contribution in [3.8, 4) is 0 Å². The maximum atomic E-state index is 13.6. The molecule has 0 spiro atoms.